The number of likely N-dealkylation sites (N-methyl/N-ethyl adjacent to an activating group) is 1. The standard InChI is InChI=1S/C20H21F3N2O/c1-24(12-15-6-8-18(9-7-15)20(21,22)23)14-19(26)25-11-10-16-4-2-3-5-17(16)13-25/h2-9H,10-14H2,1H3. The zero-order chi connectivity index (χ0) is 18.7. The molecule has 0 aliphatic carbocycles. The molecule has 2 aromatic carbocycles. The number of hydrogen-bond donors (Lipinski definition) is 0. The molecule has 0 fully saturated rings. The smallest absolute Gasteiger partial charge is 0.337 e. The molecule has 1 aliphatic rings. The Balaban J connectivity index is 1.55. The fraction of sp³-hybridized carbons (Fsp3) is 0.350. The topological polar surface area (TPSA) is 23.6 Å². The van der Waals surface area contributed by atoms with Gasteiger partial charge in [-0.3, -0.25) is 9.69 Å². The van der Waals surface area contributed by atoms with E-state index in [1.165, 1.54) is 23.3 Å². The summed E-state index contributed by atoms with van der Waals surface area (Å²) in [5.74, 6) is 0.0360. The number of carbonyl (C=O) groups is 1. The molecule has 3 rings (SSSR count). The third kappa shape index (κ3) is 4.43. The Hall–Kier alpha value is -2.34. The van der Waals surface area contributed by atoms with E-state index in [4.69, 9.17) is 0 Å². The van der Waals surface area contributed by atoms with Gasteiger partial charge in [0.15, 0.2) is 0 Å². The van der Waals surface area contributed by atoms with Gasteiger partial charge in [0.05, 0.1) is 12.1 Å². The maximum atomic E-state index is 12.6. The predicted molar refractivity (Wildman–Crippen MR) is 93.3 cm³/mol. The molecule has 1 amide bonds. The van der Waals surface area contributed by atoms with Crippen LogP contribution in [0.4, 0.5) is 13.2 Å². The fourth-order valence-corrected chi connectivity index (χ4v) is 3.21. The lowest BCUT2D eigenvalue weighted by atomic mass is 10.00. The Labute approximate surface area is 151 Å². The van der Waals surface area contributed by atoms with Crippen LogP contribution < -0.4 is 0 Å². The van der Waals surface area contributed by atoms with Crippen LogP contribution in [0.25, 0.3) is 0 Å². The third-order valence-corrected chi connectivity index (χ3v) is 4.62. The van der Waals surface area contributed by atoms with E-state index in [0.717, 1.165) is 24.1 Å². The molecule has 3 nitrogen and oxygen atoms in total. The van der Waals surface area contributed by atoms with Gasteiger partial charge in [-0.15, -0.1) is 0 Å². The van der Waals surface area contributed by atoms with E-state index in [-0.39, 0.29) is 12.5 Å². The quantitative estimate of drug-likeness (QED) is 0.828. The number of benzene rings is 2. The summed E-state index contributed by atoms with van der Waals surface area (Å²) in [6.45, 7) is 1.98. The molecule has 0 N–H and O–H groups in total. The average molecular weight is 362 g/mol. The molecule has 0 saturated carbocycles. The minimum Gasteiger partial charge on any atom is -0.337 e. The Morgan fingerprint density at radius 2 is 1.73 bits per heavy atom. The molecule has 1 heterocycles. The zero-order valence-corrected chi connectivity index (χ0v) is 14.6. The molecule has 138 valence electrons. The first-order valence-electron chi connectivity index (χ1n) is 8.52. The molecule has 0 radical (unpaired) electrons. The molecular formula is C20H21F3N2O. The fourth-order valence-electron chi connectivity index (χ4n) is 3.21. The van der Waals surface area contributed by atoms with Crippen LogP contribution in [-0.2, 0) is 30.5 Å². The van der Waals surface area contributed by atoms with Crippen molar-refractivity contribution in [2.75, 3.05) is 20.1 Å². The van der Waals surface area contributed by atoms with Crippen LogP contribution in [-0.4, -0.2) is 35.8 Å². The molecule has 0 unspecified atom stereocenters. The summed E-state index contributed by atoms with van der Waals surface area (Å²) >= 11 is 0. The first kappa shape index (κ1) is 18.5. The van der Waals surface area contributed by atoms with Gasteiger partial charge >= 0.3 is 6.18 Å². The number of rotatable bonds is 4. The summed E-state index contributed by atoms with van der Waals surface area (Å²) in [6.07, 6.45) is -3.48. The molecule has 0 atom stereocenters. The second kappa shape index (κ2) is 7.50. The van der Waals surface area contributed by atoms with Crippen LogP contribution >= 0.6 is 0 Å². The molecule has 0 bridgehead atoms. The Morgan fingerprint density at radius 1 is 1.08 bits per heavy atom. The van der Waals surface area contributed by atoms with E-state index < -0.39 is 11.7 Å². The van der Waals surface area contributed by atoms with Crippen LogP contribution in [0.2, 0.25) is 0 Å². The normalized spacial score (nSPS) is 14.4. The van der Waals surface area contributed by atoms with Crippen LogP contribution in [0, 0.1) is 0 Å². The number of fused-ring (bicyclic) bond motifs is 1. The highest BCUT2D eigenvalue weighted by molar-refractivity contribution is 5.78. The maximum Gasteiger partial charge on any atom is 0.416 e. The van der Waals surface area contributed by atoms with E-state index in [0.29, 0.717) is 19.6 Å². The second-order valence-electron chi connectivity index (χ2n) is 6.70. The van der Waals surface area contributed by atoms with Crippen molar-refractivity contribution < 1.29 is 18.0 Å². The van der Waals surface area contributed by atoms with Gasteiger partial charge in [0.1, 0.15) is 0 Å². The first-order valence-corrected chi connectivity index (χ1v) is 8.52. The summed E-state index contributed by atoms with van der Waals surface area (Å²) < 4.78 is 37.8. The lowest BCUT2D eigenvalue weighted by Gasteiger charge is -2.30. The zero-order valence-electron chi connectivity index (χ0n) is 14.6. The Kier molecular flexibility index (Phi) is 5.32. The highest BCUT2D eigenvalue weighted by Gasteiger charge is 2.30. The molecule has 6 heteroatoms. The minimum atomic E-state index is -4.33. The van der Waals surface area contributed by atoms with Crippen LogP contribution in [0.3, 0.4) is 0 Å². The highest BCUT2D eigenvalue weighted by Crippen LogP contribution is 2.29. The van der Waals surface area contributed by atoms with Crippen LogP contribution in [0.15, 0.2) is 48.5 Å². The van der Waals surface area contributed by atoms with E-state index in [2.05, 4.69) is 6.07 Å². The molecule has 0 spiro atoms. The van der Waals surface area contributed by atoms with Gasteiger partial charge in [0.2, 0.25) is 5.91 Å². The summed E-state index contributed by atoms with van der Waals surface area (Å²) in [7, 11) is 1.80. The van der Waals surface area contributed by atoms with Gasteiger partial charge < -0.3 is 4.90 Å². The average Bonchev–Trinajstić information content (AvgIpc) is 2.61. The van der Waals surface area contributed by atoms with Crippen molar-refractivity contribution in [3.63, 3.8) is 0 Å². The predicted octanol–water partition coefficient (Wildman–Crippen LogP) is 3.72. The molecule has 1 aliphatic heterocycles. The van der Waals surface area contributed by atoms with E-state index in [1.807, 2.05) is 28.0 Å². The van der Waals surface area contributed by atoms with E-state index in [9.17, 15) is 18.0 Å². The SMILES string of the molecule is CN(CC(=O)N1CCc2ccccc2C1)Cc1ccc(C(F)(F)F)cc1. The van der Waals surface area contributed by atoms with Crippen molar-refractivity contribution >= 4 is 5.91 Å². The minimum absolute atomic E-state index is 0.0360. The molecule has 26 heavy (non-hydrogen) atoms. The summed E-state index contributed by atoms with van der Waals surface area (Å²) in [6, 6.07) is 13.2. The number of nitrogens with zero attached hydrogens (tertiary/aromatic N) is 2. The van der Waals surface area contributed by atoms with Crippen molar-refractivity contribution in [1.82, 2.24) is 9.80 Å². The van der Waals surface area contributed by atoms with Gasteiger partial charge in [-0.1, -0.05) is 36.4 Å². The van der Waals surface area contributed by atoms with Gasteiger partial charge in [0, 0.05) is 19.6 Å². The maximum absolute atomic E-state index is 12.6. The van der Waals surface area contributed by atoms with Gasteiger partial charge in [-0.25, -0.2) is 0 Å². The lowest BCUT2D eigenvalue weighted by Crippen LogP contribution is -2.41. The number of hydrogen-bond acceptors (Lipinski definition) is 2. The number of alkyl halides is 3. The Bertz CT molecular complexity index is 771. The first-order chi connectivity index (χ1) is 12.3. The lowest BCUT2D eigenvalue weighted by molar-refractivity contribution is -0.137. The Morgan fingerprint density at radius 3 is 2.38 bits per heavy atom. The second-order valence-corrected chi connectivity index (χ2v) is 6.70. The number of amides is 1. The van der Waals surface area contributed by atoms with Gasteiger partial charge in [0.25, 0.3) is 0 Å². The van der Waals surface area contributed by atoms with Crippen molar-refractivity contribution in [2.45, 2.75) is 25.7 Å². The van der Waals surface area contributed by atoms with E-state index in [1.54, 1.807) is 7.05 Å². The number of halogens is 3. The van der Waals surface area contributed by atoms with Crippen molar-refractivity contribution in [3.8, 4) is 0 Å². The van der Waals surface area contributed by atoms with Crippen molar-refractivity contribution in [2.24, 2.45) is 0 Å². The monoisotopic (exact) mass is 362 g/mol. The summed E-state index contributed by atoms with van der Waals surface area (Å²) in [5, 5.41) is 0. The van der Waals surface area contributed by atoms with Gasteiger partial charge in [-0.05, 0) is 42.3 Å². The van der Waals surface area contributed by atoms with E-state index >= 15 is 0 Å². The van der Waals surface area contributed by atoms with Gasteiger partial charge in [-0.2, -0.15) is 13.2 Å². The summed E-state index contributed by atoms with van der Waals surface area (Å²) in [5.41, 5.74) is 2.55. The number of carbonyl (C=O) groups excluding carboxylic acids is 1. The largest absolute Gasteiger partial charge is 0.416 e. The van der Waals surface area contributed by atoms with Crippen molar-refractivity contribution in [1.29, 1.82) is 0 Å². The van der Waals surface area contributed by atoms with Crippen LogP contribution in [0.1, 0.15) is 22.3 Å². The third-order valence-electron chi connectivity index (χ3n) is 4.62. The highest BCUT2D eigenvalue weighted by atomic mass is 19.4. The van der Waals surface area contributed by atoms with Crippen molar-refractivity contribution in [3.05, 3.63) is 70.8 Å². The molecular weight excluding hydrogens is 341 g/mol. The molecule has 0 saturated heterocycles. The summed E-state index contributed by atoms with van der Waals surface area (Å²) in [4.78, 5) is 16.2. The van der Waals surface area contributed by atoms with Crippen LogP contribution in [0.5, 0.6) is 0 Å². The molecule has 2 aromatic rings. The molecule has 0 aromatic heterocycles.